The summed E-state index contributed by atoms with van der Waals surface area (Å²) < 4.78 is 5.32. The molecule has 0 spiro atoms. The first-order valence-electron chi connectivity index (χ1n) is 7.36. The minimum absolute atomic E-state index is 0.217. The first-order valence-corrected chi connectivity index (χ1v) is 7.36. The molecular formula is C16H24N2O3. The third-order valence-corrected chi connectivity index (χ3v) is 3.96. The van der Waals surface area contributed by atoms with E-state index in [0.717, 1.165) is 18.7 Å². The number of likely N-dealkylation sites (N-methyl/N-ethyl adjacent to an activating group) is 1. The Balaban J connectivity index is 2.10. The first-order chi connectivity index (χ1) is 10.2. The van der Waals surface area contributed by atoms with Crippen molar-refractivity contribution in [1.29, 1.82) is 0 Å². The van der Waals surface area contributed by atoms with Crippen molar-refractivity contribution < 1.29 is 14.4 Å². The van der Waals surface area contributed by atoms with Crippen LogP contribution in [0.3, 0.4) is 0 Å². The molecule has 0 aromatic heterocycles. The van der Waals surface area contributed by atoms with E-state index in [1.165, 1.54) is 44.2 Å². The number of rotatable bonds is 5. The van der Waals surface area contributed by atoms with Gasteiger partial charge in [-0.05, 0) is 37.0 Å². The van der Waals surface area contributed by atoms with E-state index in [1.54, 1.807) is 7.05 Å². The highest BCUT2D eigenvalue weighted by Crippen LogP contribution is 2.24. The van der Waals surface area contributed by atoms with Crippen molar-refractivity contribution >= 4 is 11.6 Å². The SMILES string of the molecule is COC(C(=O)N(C)OC)c1ccc(N2CCCCC2)cc1. The lowest BCUT2D eigenvalue weighted by molar-refractivity contribution is -0.179. The molecule has 116 valence electrons. The van der Waals surface area contributed by atoms with E-state index < -0.39 is 6.10 Å². The number of amides is 1. The van der Waals surface area contributed by atoms with Crippen molar-refractivity contribution in [3.63, 3.8) is 0 Å². The second-order valence-electron chi connectivity index (χ2n) is 5.27. The van der Waals surface area contributed by atoms with Crippen molar-refractivity contribution in [1.82, 2.24) is 5.06 Å². The molecule has 2 rings (SSSR count). The lowest BCUT2D eigenvalue weighted by Gasteiger charge is -2.29. The summed E-state index contributed by atoms with van der Waals surface area (Å²) in [6.45, 7) is 2.22. The molecule has 1 fully saturated rings. The normalized spacial score (nSPS) is 16.6. The van der Waals surface area contributed by atoms with E-state index in [4.69, 9.17) is 9.57 Å². The molecule has 0 aliphatic carbocycles. The second-order valence-corrected chi connectivity index (χ2v) is 5.27. The van der Waals surface area contributed by atoms with E-state index in [2.05, 4.69) is 17.0 Å². The van der Waals surface area contributed by atoms with Gasteiger partial charge in [-0.2, -0.15) is 0 Å². The maximum atomic E-state index is 12.2. The summed E-state index contributed by atoms with van der Waals surface area (Å²) in [5.41, 5.74) is 2.05. The monoisotopic (exact) mass is 292 g/mol. The number of methoxy groups -OCH3 is 1. The van der Waals surface area contributed by atoms with Crippen molar-refractivity contribution in [2.45, 2.75) is 25.4 Å². The highest BCUT2D eigenvalue weighted by Gasteiger charge is 2.24. The van der Waals surface area contributed by atoms with Crippen LogP contribution in [0, 0.1) is 0 Å². The van der Waals surface area contributed by atoms with E-state index in [-0.39, 0.29) is 5.91 Å². The molecule has 1 unspecified atom stereocenters. The lowest BCUT2D eigenvalue weighted by Crippen LogP contribution is -2.32. The summed E-state index contributed by atoms with van der Waals surface area (Å²) >= 11 is 0. The molecule has 0 radical (unpaired) electrons. The molecule has 0 saturated carbocycles. The molecule has 1 aromatic rings. The first kappa shape index (κ1) is 15.8. The van der Waals surface area contributed by atoms with Gasteiger partial charge in [-0.15, -0.1) is 0 Å². The number of piperidine rings is 1. The minimum atomic E-state index is -0.634. The molecular weight excluding hydrogens is 268 g/mol. The molecule has 0 bridgehead atoms. The standard InChI is InChI=1S/C16H24N2O3/c1-17(21-3)16(19)15(20-2)13-7-9-14(10-8-13)18-11-5-4-6-12-18/h7-10,15H,4-6,11-12H2,1-3H3. The molecule has 1 aliphatic heterocycles. The molecule has 1 aliphatic rings. The molecule has 0 N–H and O–H groups in total. The summed E-state index contributed by atoms with van der Waals surface area (Å²) in [5.74, 6) is -0.217. The number of hydrogen-bond acceptors (Lipinski definition) is 4. The zero-order chi connectivity index (χ0) is 15.2. The molecule has 5 heteroatoms. The van der Waals surface area contributed by atoms with Crippen molar-refractivity contribution in [3.05, 3.63) is 29.8 Å². The van der Waals surface area contributed by atoms with E-state index in [9.17, 15) is 4.79 Å². The molecule has 1 amide bonds. The van der Waals surface area contributed by atoms with Crippen LogP contribution in [0.1, 0.15) is 30.9 Å². The van der Waals surface area contributed by atoms with Crippen LogP contribution in [-0.4, -0.2) is 45.3 Å². The van der Waals surface area contributed by atoms with Crippen molar-refractivity contribution in [2.75, 3.05) is 39.3 Å². The van der Waals surface area contributed by atoms with Gasteiger partial charge in [0.2, 0.25) is 0 Å². The summed E-state index contributed by atoms with van der Waals surface area (Å²) in [4.78, 5) is 19.5. The third-order valence-electron chi connectivity index (χ3n) is 3.96. The maximum Gasteiger partial charge on any atom is 0.279 e. The number of hydroxylamine groups is 2. The number of anilines is 1. The van der Waals surface area contributed by atoms with Crippen molar-refractivity contribution in [3.8, 4) is 0 Å². The van der Waals surface area contributed by atoms with Gasteiger partial charge in [0.1, 0.15) is 0 Å². The Bertz CT molecular complexity index is 455. The second kappa shape index (κ2) is 7.43. The van der Waals surface area contributed by atoms with Crippen LogP contribution in [0.2, 0.25) is 0 Å². The zero-order valence-electron chi connectivity index (χ0n) is 13.0. The Kier molecular flexibility index (Phi) is 5.59. The summed E-state index contributed by atoms with van der Waals surface area (Å²) in [7, 11) is 4.57. The maximum absolute atomic E-state index is 12.2. The number of ether oxygens (including phenoxy) is 1. The van der Waals surface area contributed by atoms with Crippen LogP contribution < -0.4 is 4.90 Å². The lowest BCUT2D eigenvalue weighted by atomic mass is 10.1. The number of benzene rings is 1. The number of carbonyl (C=O) groups is 1. The molecule has 1 atom stereocenters. The fraction of sp³-hybridized carbons (Fsp3) is 0.562. The Morgan fingerprint density at radius 3 is 2.29 bits per heavy atom. The van der Waals surface area contributed by atoms with Gasteiger partial charge in [0.25, 0.3) is 5.91 Å². The Labute approximate surface area is 126 Å². The van der Waals surface area contributed by atoms with Gasteiger partial charge in [-0.25, -0.2) is 5.06 Å². The Morgan fingerprint density at radius 1 is 1.14 bits per heavy atom. The zero-order valence-corrected chi connectivity index (χ0v) is 13.0. The van der Waals surface area contributed by atoms with Crippen LogP contribution >= 0.6 is 0 Å². The minimum Gasteiger partial charge on any atom is -0.372 e. The van der Waals surface area contributed by atoms with E-state index >= 15 is 0 Å². The molecule has 1 heterocycles. The van der Waals surface area contributed by atoms with Gasteiger partial charge in [0.05, 0.1) is 7.11 Å². The van der Waals surface area contributed by atoms with Crippen LogP contribution in [0.5, 0.6) is 0 Å². The molecule has 5 nitrogen and oxygen atoms in total. The highest BCUT2D eigenvalue weighted by molar-refractivity contribution is 5.81. The quantitative estimate of drug-likeness (QED) is 0.782. The third kappa shape index (κ3) is 3.74. The highest BCUT2D eigenvalue weighted by atomic mass is 16.7. The van der Waals surface area contributed by atoms with E-state index in [0.29, 0.717) is 0 Å². The van der Waals surface area contributed by atoms with Gasteiger partial charge >= 0.3 is 0 Å². The van der Waals surface area contributed by atoms with Crippen molar-refractivity contribution in [2.24, 2.45) is 0 Å². The predicted molar refractivity (Wildman–Crippen MR) is 82.0 cm³/mol. The molecule has 21 heavy (non-hydrogen) atoms. The molecule has 1 aromatic carbocycles. The average Bonchev–Trinajstić information content (AvgIpc) is 2.56. The van der Waals surface area contributed by atoms with Gasteiger partial charge in [0, 0.05) is 32.9 Å². The van der Waals surface area contributed by atoms with Crippen LogP contribution in [-0.2, 0) is 14.4 Å². The number of hydrogen-bond donors (Lipinski definition) is 0. The van der Waals surface area contributed by atoms with E-state index in [1.807, 2.05) is 12.1 Å². The summed E-state index contributed by atoms with van der Waals surface area (Å²) in [6, 6.07) is 8.04. The predicted octanol–water partition coefficient (Wildman–Crippen LogP) is 2.38. The van der Waals surface area contributed by atoms with Crippen LogP contribution in [0.15, 0.2) is 24.3 Å². The summed E-state index contributed by atoms with van der Waals surface area (Å²) in [6.07, 6.45) is 3.18. The van der Waals surface area contributed by atoms with Crippen LogP contribution in [0.25, 0.3) is 0 Å². The van der Waals surface area contributed by atoms with Gasteiger partial charge in [-0.3, -0.25) is 9.63 Å². The Hall–Kier alpha value is -1.59. The molecule has 1 saturated heterocycles. The van der Waals surface area contributed by atoms with Crippen LogP contribution in [0.4, 0.5) is 5.69 Å². The fourth-order valence-electron chi connectivity index (χ4n) is 2.65. The largest absolute Gasteiger partial charge is 0.372 e. The average molecular weight is 292 g/mol. The Morgan fingerprint density at radius 2 is 1.76 bits per heavy atom. The smallest absolute Gasteiger partial charge is 0.279 e. The fourth-order valence-corrected chi connectivity index (χ4v) is 2.65. The van der Waals surface area contributed by atoms with Gasteiger partial charge in [0.15, 0.2) is 6.10 Å². The van der Waals surface area contributed by atoms with Gasteiger partial charge < -0.3 is 9.64 Å². The summed E-state index contributed by atoms with van der Waals surface area (Å²) in [5, 5.41) is 1.19. The number of nitrogens with zero attached hydrogens (tertiary/aromatic N) is 2. The van der Waals surface area contributed by atoms with Gasteiger partial charge in [-0.1, -0.05) is 12.1 Å². The topological polar surface area (TPSA) is 42.0 Å². The number of carbonyl (C=O) groups excluding carboxylic acids is 1.